The van der Waals surface area contributed by atoms with Crippen LogP contribution in [0.1, 0.15) is 18.9 Å². The molecule has 0 aliphatic carbocycles. The molecule has 0 amide bonds. The molecule has 1 aromatic rings. The second-order valence-electron chi connectivity index (χ2n) is 6.21. The monoisotopic (exact) mass is 275 g/mol. The van der Waals surface area contributed by atoms with Gasteiger partial charge in [0, 0.05) is 31.9 Å². The van der Waals surface area contributed by atoms with Crippen LogP contribution in [-0.4, -0.2) is 56.6 Å². The zero-order valence-corrected chi connectivity index (χ0v) is 13.2. The van der Waals surface area contributed by atoms with E-state index in [0.29, 0.717) is 0 Å². The van der Waals surface area contributed by atoms with E-state index in [4.69, 9.17) is 0 Å². The Hall–Kier alpha value is -1.06. The third kappa shape index (κ3) is 4.50. The van der Waals surface area contributed by atoms with E-state index in [1.54, 1.807) is 0 Å². The van der Waals surface area contributed by atoms with Gasteiger partial charge in [0.25, 0.3) is 0 Å². The van der Waals surface area contributed by atoms with E-state index in [1.165, 1.54) is 43.7 Å². The molecule has 1 heterocycles. The smallest absolute Gasteiger partial charge is 0.0372 e. The minimum absolute atomic E-state index is 0.735. The molecule has 0 radical (unpaired) electrons. The van der Waals surface area contributed by atoms with Crippen LogP contribution in [0.2, 0.25) is 0 Å². The Morgan fingerprint density at radius 2 is 1.95 bits per heavy atom. The summed E-state index contributed by atoms with van der Waals surface area (Å²) in [5.41, 5.74) is 2.81. The lowest BCUT2D eigenvalue weighted by atomic mass is 9.93. The molecule has 1 N–H and O–H groups in total. The fourth-order valence-electron chi connectivity index (χ4n) is 2.95. The number of nitrogens with zero attached hydrogens (tertiary/aromatic N) is 2. The Balaban J connectivity index is 1.88. The van der Waals surface area contributed by atoms with Crippen LogP contribution in [0, 0.1) is 5.92 Å². The molecule has 0 fully saturated rings. The first kappa shape index (κ1) is 15.3. The van der Waals surface area contributed by atoms with Gasteiger partial charge in [-0.3, -0.25) is 0 Å². The number of hydrogen-bond donors (Lipinski definition) is 1. The van der Waals surface area contributed by atoms with Gasteiger partial charge in [0.2, 0.25) is 0 Å². The highest BCUT2D eigenvalue weighted by molar-refractivity contribution is 5.53. The predicted molar refractivity (Wildman–Crippen MR) is 87.4 cm³/mol. The summed E-state index contributed by atoms with van der Waals surface area (Å²) in [7, 11) is 4.31. The molecular weight excluding hydrogens is 246 g/mol. The molecule has 2 rings (SSSR count). The highest BCUT2D eigenvalue weighted by Crippen LogP contribution is 2.24. The van der Waals surface area contributed by atoms with Gasteiger partial charge in [0.05, 0.1) is 0 Å². The van der Waals surface area contributed by atoms with Gasteiger partial charge in [0.15, 0.2) is 0 Å². The van der Waals surface area contributed by atoms with Crippen molar-refractivity contribution in [3.63, 3.8) is 0 Å². The second kappa shape index (κ2) is 7.65. The fraction of sp³-hybridized carbons (Fsp3) is 0.647. The average Bonchev–Trinajstić information content (AvgIpc) is 2.45. The van der Waals surface area contributed by atoms with Crippen molar-refractivity contribution in [1.82, 2.24) is 9.80 Å². The zero-order valence-electron chi connectivity index (χ0n) is 13.2. The van der Waals surface area contributed by atoms with E-state index in [1.807, 2.05) is 0 Å². The standard InChI is InChI=1S/C17H29N3/c1-4-9-20(11-10-19(2)3)14-15-12-16-7-5-6-8-17(16)18-13-15/h5-8,15,18H,4,9-14H2,1-3H3. The van der Waals surface area contributed by atoms with E-state index in [2.05, 4.69) is 60.4 Å². The van der Waals surface area contributed by atoms with Crippen molar-refractivity contribution in [2.45, 2.75) is 19.8 Å². The molecule has 20 heavy (non-hydrogen) atoms. The minimum atomic E-state index is 0.735. The quantitative estimate of drug-likeness (QED) is 0.825. The molecule has 0 aromatic heterocycles. The van der Waals surface area contributed by atoms with Crippen LogP contribution >= 0.6 is 0 Å². The predicted octanol–water partition coefficient (Wildman–Crippen LogP) is 2.54. The lowest BCUT2D eigenvalue weighted by molar-refractivity contribution is 0.210. The van der Waals surface area contributed by atoms with Gasteiger partial charge in [-0.1, -0.05) is 25.1 Å². The van der Waals surface area contributed by atoms with E-state index in [0.717, 1.165) is 19.0 Å². The number of anilines is 1. The van der Waals surface area contributed by atoms with Gasteiger partial charge < -0.3 is 15.1 Å². The maximum atomic E-state index is 3.59. The van der Waals surface area contributed by atoms with Crippen molar-refractivity contribution in [2.24, 2.45) is 5.92 Å². The Morgan fingerprint density at radius 3 is 2.70 bits per heavy atom. The molecule has 0 spiro atoms. The first-order chi connectivity index (χ1) is 9.69. The minimum Gasteiger partial charge on any atom is -0.384 e. The van der Waals surface area contributed by atoms with Crippen molar-refractivity contribution >= 4 is 5.69 Å². The fourth-order valence-corrected chi connectivity index (χ4v) is 2.95. The van der Waals surface area contributed by atoms with Gasteiger partial charge in [-0.25, -0.2) is 0 Å². The SMILES string of the molecule is CCCN(CCN(C)C)CC1CNc2ccccc2C1. The Bertz CT molecular complexity index is 403. The van der Waals surface area contributed by atoms with Crippen LogP contribution < -0.4 is 5.32 Å². The Labute approximate surface area is 124 Å². The van der Waals surface area contributed by atoms with Crippen LogP contribution in [0.15, 0.2) is 24.3 Å². The average molecular weight is 275 g/mol. The van der Waals surface area contributed by atoms with Crippen LogP contribution in [0.3, 0.4) is 0 Å². The van der Waals surface area contributed by atoms with E-state index >= 15 is 0 Å². The van der Waals surface area contributed by atoms with Gasteiger partial charge in [-0.05, 0) is 51.0 Å². The highest BCUT2D eigenvalue weighted by Gasteiger charge is 2.20. The second-order valence-corrected chi connectivity index (χ2v) is 6.21. The normalized spacial score (nSPS) is 18.1. The molecule has 1 aliphatic heterocycles. The lowest BCUT2D eigenvalue weighted by Crippen LogP contribution is -2.39. The molecule has 1 aliphatic rings. The number of fused-ring (bicyclic) bond motifs is 1. The summed E-state index contributed by atoms with van der Waals surface area (Å²) in [4.78, 5) is 4.90. The molecule has 1 aromatic carbocycles. The summed E-state index contributed by atoms with van der Waals surface area (Å²) < 4.78 is 0. The van der Waals surface area contributed by atoms with Crippen molar-refractivity contribution in [2.75, 3.05) is 52.1 Å². The van der Waals surface area contributed by atoms with Crippen molar-refractivity contribution in [3.8, 4) is 0 Å². The highest BCUT2D eigenvalue weighted by atomic mass is 15.2. The van der Waals surface area contributed by atoms with Crippen molar-refractivity contribution in [3.05, 3.63) is 29.8 Å². The number of rotatable bonds is 7. The molecule has 0 bridgehead atoms. The zero-order chi connectivity index (χ0) is 14.4. The van der Waals surface area contributed by atoms with E-state index < -0.39 is 0 Å². The summed E-state index contributed by atoms with van der Waals surface area (Å²) in [5.74, 6) is 0.735. The molecule has 0 saturated heterocycles. The largest absolute Gasteiger partial charge is 0.384 e. The lowest BCUT2D eigenvalue weighted by Gasteiger charge is -2.32. The summed E-state index contributed by atoms with van der Waals surface area (Å²) in [6.45, 7) is 8.14. The van der Waals surface area contributed by atoms with E-state index in [-0.39, 0.29) is 0 Å². The number of likely N-dealkylation sites (N-methyl/N-ethyl adjacent to an activating group) is 1. The van der Waals surface area contributed by atoms with Crippen molar-refractivity contribution < 1.29 is 0 Å². The third-order valence-corrected chi connectivity index (χ3v) is 4.03. The molecular formula is C17H29N3. The first-order valence-electron chi connectivity index (χ1n) is 7.88. The van der Waals surface area contributed by atoms with Crippen LogP contribution in [0.5, 0.6) is 0 Å². The molecule has 1 atom stereocenters. The van der Waals surface area contributed by atoms with E-state index in [9.17, 15) is 0 Å². The number of para-hydroxylation sites is 1. The number of nitrogens with one attached hydrogen (secondary N) is 1. The molecule has 3 heteroatoms. The Kier molecular flexibility index (Phi) is 5.86. The summed E-state index contributed by atoms with van der Waals surface area (Å²) in [6, 6.07) is 8.73. The van der Waals surface area contributed by atoms with Gasteiger partial charge in [-0.15, -0.1) is 0 Å². The third-order valence-electron chi connectivity index (χ3n) is 4.03. The van der Waals surface area contributed by atoms with Crippen LogP contribution in [0.25, 0.3) is 0 Å². The molecule has 1 unspecified atom stereocenters. The number of benzene rings is 1. The summed E-state index contributed by atoms with van der Waals surface area (Å²) in [6.07, 6.45) is 2.45. The maximum absolute atomic E-state index is 3.59. The van der Waals surface area contributed by atoms with Crippen LogP contribution in [-0.2, 0) is 6.42 Å². The molecule has 112 valence electrons. The Morgan fingerprint density at radius 1 is 1.15 bits per heavy atom. The van der Waals surface area contributed by atoms with Crippen LogP contribution in [0.4, 0.5) is 5.69 Å². The summed E-state index contributed by atoms with van der Waals surface area (Å²) in [5, 5.41) is 3.59. The molecule has 0 saturated carbocycles. The van der Waals surface area contributed by atoms with Gasteiger partial charge >= 0.3 is 0 Å². The van der Waals surface area contributed by atoms with Crippen molar-refractivity contribution in [1.29, 1.82) is 0 Å². The number of hydrogen-bond acceptors (Lipinski definition) is 3. The topological polar surface area (TPSA) is 18.5 Å². The maximum Gasteiger partial charge on any atom is 0.0372 e. The first-order valence-corrected chi connectivity index (χ1v) is 7.88. The molecule has 3 nitrogen and oxygen atoms in total. The van der Waals surface area contributed by atoms with Gasteiger partial charge in [0.1, 0.15) is 0 Å². The summed E-state index contributed by atoms with van der Waals surface area (Å²) >= 11 is 0. The van der Waals surface area contributed by atoms with Gasteiger partial charge in [-0.2, -0.15) is 0 Å².